The number of nitrogens with one attached hydrogen (secondary N) is 1. The van der Waals surface area contributed by atoms with Gasteiger partial charge in [-0.1, -0.05) is 18.2 Å². The van der Waals surface area contributed by atoms with E-state index in [1.165, 1.54) is 7.11 Å². The number of benzene rings is 2. The minimum absolute atomic E-state index is 0.0110. The number of carbonyl (C=O) groups is 2. The highest BCUT2D eigenvalue weighted by atomic mass is 79.9. The van der Waals surface area contributed by atoms with Crippen molar-refractivity contribution in [1.29, 1.82) is 0 Å². The second-order valence-electron chi connectivity index (χ2n) is 8.57. The van der Waals surface area contributed by atoms with Gasteiger partial charge in [-0.25, -0.2) is 4.79 Å². The zero-order chi connectivity index (χ0) is 25.3. The molecule has 1 heterocycles. The summed E-state index contributed by atoms with van der Waals surface area (Å²) in [5.41, 5.74) is 3.43. The van der Waals surface area contributed by atoms with Crippen LogP contribution in [0.4, 0.5) is 0 Å². The maximum absolute atomic E-state index is 13.7. The van der Waals surface area contributed by atoms with Crippen molar-refractivity contribution in [1.82, 2.24) is 5.32 Å². The number of hydrogen-bond donors (Lipinski definition) is 2. The molecule has 0 spiro atoms. The van der Waals surface area contributed by atoms with Crippen molar-refractivity contribution in [2.45, 2.75) is 32.1 Å². The Morgan fingerprint density at radius 2 is 1.86 bits per heavy atom. The molecule has 0 saturated carbocycles. The first-order chi connectivity index (χ1) is 16.8. The molecule has 2 aromatic carbocycles. The van der Waals surface area contributed by atoms with Gasteiger partial charge < -0.3 is 24.6 Å². The van der Waals surface area contributed by atoms with Crippen LogP contribution in [0.5, 0.6) is 17.2 Å². The number of rotatable bonds is 6. The van der Waals surface area contributed by atoms with Crippen molar-refractivity contribution in [2.24, 2.45) is 5.92 Å². The summed E-state index contributed by atoms with van der Waals surface area (Å²) in [6.07, 6.45) is 2.36. The maximum Gasteiger partial charge on any atom is 0.336 e. The fraction of sp³-hybridized carbons (Fsp3) is 0.333. The fourth-order valence-electron chi connectivity index (χ4n) is 4.92. The van der Waals surface area contributed by atoms with Crippen molar-refractivity contribution < 1.29 is 28.9 Å². The fourth-order valence-corrected chi connectivity index (χ4v) is 5.38. The molecule has 2 aromatic rings. The van der Waals surface area contributed by atoms with Gasteiger partial charge in [-0.05, 0) is 65.2 Å². The lowest BCUT2D eigenvalue weighted by atomic mass is 9.68. The highest BCUT2D eigenvalue weighted by Crippen LogP contribution is 2.48. The number of fused-ring (bicyclic) bond motifs is 1. The number of halogens is 1. The number of carbonyl (C=O) groups excluding carboxylic acids is 2. The van der Waals surface area contributed by atoms with Gasteiger partial charge in [0.15, 0.2) is 11.5 Å². The van der Waals surface area contributed by atoms with Crippen LogP contribution in [0.15, 0.2) is 63.9 Å². The normalized spacial score (nSPS) is 21.6. The molecule has 8 heteroatoms. The molecule has 1 aliphatic carbocycles. The van der Waals surface area contributed by atoms with E-state index in [4.69, 9.17) is 14.2 Å². The lowest BCUT2D eigenvalue weighted by Crippen LogP contribution is -2.41. The predicted molar refractivity (Wildman–Crippen MR) is 135 cm³/mol. The lowest BCUT2D eigenvalue weighted by molar-refractivity contribution is -0.136. The summed E-state index contributed by atoms with van der Waals surface area (Å²) >= 11 is 3.39. The Kier molecular flexibility index (Phi) is 7.21. The topological polar surface area (TPSA) is 94.1 Å². The number of aromatic hydroxyl groups is 1. The molecule has 35 heavy (non-hydrogen) atoms. The van der Waals surface area contributed by atoms with Crippen molar-refractivity contribution in [2.75, 3.05) is 20.8 Å². The quantitative estimate of drug-likeness (QED) is 0.499. The summed E-state index contributed by atoms with van der Waals surface area (Å²) in [4.78, 5) is 26.6. The molecule has 2 aliphatic rings. The Labute approximate surface area is 212 Å². The number of phenolic OH excluding ortho intramolecular Hbond substituents is 1. The van der Waals surface area contributed by atoms with Gasteiger partial charge in [0.25, 0.3) is 0 Å². The minimum Gasteiger partial charge on any atom is -0.503 e. The van der Waals surface area contributed by atoms with Gasteiger partial charge in [0, 0.05) is 29.7 Å². The minimum atomic E-state index is -0.604. The smallest absolute Gasteiger partial charge is 0.336 e. The number of ether oxygens (including phenoxy) is 3. The Morgan fingerprint density at radius 1 is 1.14 bits per heavy atom. The van der Waals surface area contributed by atoms with Crippen molar-refractivity contribution in [3.8, 4) is 17.2 Å². The second kappa shape index (κ2) is 10.2. The molecule has 1 aliphatic heterocycles. The first kappa shape index (κ1) is 24.9. The Balaban J connectivity index is 1.84. The third kappa shape index (κ3) is 4.67. The SMILES string of the molecule is CCOc1cc(C2C(C(=O)OC)=C(C)NC3=CC(c4ccc(OC)cc4)CC(=O)C32)cc(Br)c1O. The Bertz CT molecular complexity index is 1220. The maximum atomic E-state index is 13.7. The van der Waals surface area contributed by atoms with Gasteiger partial charge in [-0.3, -0.25) is 4.79 Å². The molecule has 0 aromatic heterocycles. The summed E-state index contributed by atoms with van der Waals surface area (Å²) in [5.74, 6) is -0.809. The van der Waals surface area contributed by atoms with Gasteiger partial charge in [0.1, 0.15) is 11.5 Å². The van der Waals surface area contributed by atoms with Gasteiger partial charge in [0.05, 0.1) is 36.8 Å². The molecule has 4 rings (SSSR count). The monoisotopic (exact) mass is 541 g/mol. The van der Waals surface area contributed by atoms with E-state index in [0.29, 0.717) is 34.3 Å². The summed E-state index contributed by atoms with van der Waals surface area (Å²) in [6, 6.07) is 11.1. The predicted octanol–water partition coefficient (Wildman–Crippen LogP) is 4.95. The van der Waals surface area contributed by atoms with Crippen molar-refractivity contribution in [3.05, 3.63) is 75.0 Å². The highest BCUT2D eigenvalue weighted by Gasteiger charge is 2.45. The van der Waals surface area contributed by atoms with Crippen LogP contribution >= 0.6 is 15.9 Å². The van der Waals surface area contributed by atoms with E-state index in [-0.39, 0.29) is 23.2 Å². The van der Waals surface area contributed by atoms with Crippen molar-refractivity contribution >= 4 is 27.7 Å². The molecule has 3 atom stereocenters. The summed E-state index contributed by atoms with van der Waals surface area (Å²) in [5, 5.41) is 13.7. The average Bonchev–Trinajstić information content (AvgIpc) is 2.85. The highest BCUT2D eigenvalue weighted by molar-refractivity contribution is 9.10. The Morgan fingerprint density at radius 3 is 2.49 bits per heavy atom. The Hall–Kier alpha value is -3.26. The van der Waals surface area contributed by atoms with Crippen LogP contribution in [0.3, 0.4) is 0 Å². The first-order valence-corrected chi connectivity index (χ1v) is 12.2. The lowest BCUT2D eigenvalue weighted by Gasteiger charge is -2.39. The molecule has 0 saturated heterocycles. The van der Waals surface area contributed by atoms with Gasteiger partial charge >= 0.3 is 5.97 Å². The van der Waals surface area contributed by atoms with Crippen LogP contribution < -0.4 is 14.8 Å². The first-order valence-electron chi connectivity index (χ1n) is 11.4. The molecule has 184 valence electrons. The van der Waals surface area contributed by atoms with Crippen LogP contribution in [0.1, 0.15) is 43.2 Å². The van der Waals surface area contributed by atoms with Crippen LogP contribution in [0.25, 0.3) is 0 Å². The van der Waals surface area contributed by atoms with Gasteiger partial charge in [-0.15, -0.1) is 0 Å². The van der Waals surface area contributed by atoms with Gasteiger partial charge in [-0.2, -0.15) is 0 Å². The van der Waals surface area contributed by atoms with E-state index in [0.717, 1.165) is 17.0 Å². The van der Waals surface area contributed by atoms with Crippen LogP contribution in [-0.2, 0) is 14.3 Å². The number of esters is 1. The molecule has 3 unspecified atom stereocenters. The number of hydrogen-bond acceptors (Lipinski definition) is 7. The van der Waals surface area contributed by atoms with Gasteiger partial charge in [0.2, 0.25) is 0 Å². The second-order valence-corrected chi connectivity index (χ2v) is 9.42. The third-order valence-corrected chi connectivity index (χ3v) is 7.13. The summed E-state index contributed by atoms with van der Waals surface area (Å²) in [6.45, 7) is 3.97. The molecule has 2 N–H and O–H groups in total. The van der Waals surface area contributed by atoms with E-state index in [1.54, 1.807) is 26.2 Å². The molecule has 0 amide bonds. The third-order valence-electron chi connectivity index (χ3n) is 6.52. The zero-order valence-electron chi connectivity index (χ0n) is 20.1. The number of allylic oxidation sites excluding steroid dienone is 3. The number of phenols is 1. The molecule has 0 bridgehead atoms. The molecular formula is C27H28BrNO6. The summed E-state index contributed by atoms with van der Waals surface area (Å²) < 4.78 is 16.4. The van der Waals surface area contributed by atoms with Crippen LogP contribution in [0, 0.1) is 5.92 Å². The number of methoxy groups -OCH3 is 2. The van der Waals surface area contributed by atoms with E-state index in [2.05, 4.69) is 27.3 Å². The van der Waals surface area contributed by atoms with Crippen molar-refractivity contribution in [3.63, 3.8) is 0 Å². The molecule has 0 radical (unpaired) electrons. The van der Waals surface area contributed by atoms with E-state index in [9.17, 15) is 14.7 Å². The van der Waals surface area contributed by atoms with E-state index >= 15 is 0 Å². The molecular weight excluding hydrogens is 514 g/mol. The zero-order valence-corrected chi connectivity index (χ0v) is 21.6. The van der Waals surface area contributed by atoms with Crippen LogP contribution in [0.2, 0.25) is 0 Å². The number of Topliss-reactive ketones (excluding diaryl/α,β-unsaturated/α-hetero) is 1. The van der Waals surface area contributed by atoms with Crippen LogP contribution in [-0.4, -0.2) is 37.7 Å². The average molecular weight is 542 g/mol. The number of ketones is 1. The standard InChI is InChI=1S/C27H28BrNO6/c1-5-35-22-13-17(10-19(28)26(22)31)24-23(27(32)34-4)14(2)29-20-11-16(12-21(30)25(20)24)15-6-8-18(33-3)9-7-15/h6-11,13,16,24-25,29,31H,5,12H2,1-4H3. The molecule has 0 fully saturated rings. The van der Waals surface area contributed by atoms with E-state index < -0.39 is 17.8 Å². The largest absolute Gasteiger partial charge is 0.503 e. The molecule has 7 nitrogen and oxygen atoms in total. The summed E-state index contributed by atoms with van der Waals surface area (Å²) in [7, 11) is 2.94. The van der Waals surface area contributed by atoms with E-state index in [1.807, 2.05) is 31.2 Å².